The lowest BCUT2D eigenvalue weighted by molar-refractivity contribution is 0.860. The van der Waals surface area contributed by atoms with Gasteiger partial charge in [0.15, 0.2) is 0 Å². The van der Waals surface area contributed by atoms with Gasteiger partial charge in [0, 0.05) is 13.1 Å². The fraction of sp³-hybridized carbons (Fsp3) is 0.294. The number of azo groups is 1. The molecule has 0 fully saturated rings. The molecular weight excluding hydrogens is 246 g/mol. The molecule has 2 aromatic carbocycles. The van der Waals surface area contributed by atoms with E-state index in [-0.39, 0.29) is 0 Å². The van der Waals surface area contributed by atoms with Gasteiger partial charge in [-0.3, -0.25) is 0 Å². The van der Waals surface area contributed by atoms with Crippen LogP contribution in [0, 0.1) is 6.92 Å². The predicted molar refractivity (Wildman–Crippen MR) is 85.4 cm³/mol. The van der Waals surface area contributed by atoms with Crippen molar-refractivity contribution in [2.24, 2.45) is 10.2 Å². The van der Waals surface area contributed by atoms with Gasteiger partial charge in [-0.2, -0.15) is 5.11 Å². The largest absolute Gasteiger partial charge is 0.370 e. The zero-order valence-electron chi connectivity index (χ0n) is 12.4. The van der Waals surface area contributed by atoms with Gasteiger partial charge in [0.1, 0.15) is 5.69 Å². The first kappa shape index (κ1) is 14.3. The van der Waals surface area contributed by atoms with Crippen LogP contribution in [0.1, 0.15) is 19.4 Å². The van der Waals surface area contributed by atoms with Crippen LogP contribution < -0.4 is 4.90 Å². The monoisotopic (exact) mass is 267 g/mol. The Hall–Kier alpha value is -2.16. The summed E-state index contributed by atoms with van der Waals surface area (Å²) >= 11 is 0. The van der Waals surface area contributed by atoms with Crippen molar-refractivity contribution in [1.82, 2.24) is 0 Å². The fourth-order valence-corrected chi connectivity index (χ4v) is 2.28. The van der Waals surface area contributed by atoms with Crippen molar-refractivity contribution in [1.29, 1.82) is 0 Å². The molecule has 3 heteroatoms. The number of para-hydroxylation sites is 1. The molecule has 0 N–H and O–H groups in total. The Morgan fingerprint density at radius 1 is 0.850 bits per heavy atom. The first-order valence-electron chi connectivity index (χ1n) is 7.07. The van der Waals surface area contributed by atoms with Gasteiger partial charge in [-0.05, 0) is 44.5 Å². The van der Waals surface area contributed by atoms with Crippen molar-refractivity contribution in [2.45, 2.75) is 20.8 Å². The van der Waals surface area contributed by atoms with E-state index in [4.69, 9.17) is 0 Å². The minimum absolute atomic E-state index is 0.875. The topological polar surface area (TPSA) is 28.0 Å². The number of hydrogen-bond acceptors (Lipinski definition) is 3. The Morgan fingerprint density at radius 2 is 1.55 bits per heavy atom. The third-order valence-electron chi connectivity index (χ3n) is 3.33. The molecule has 2 rings (SSSR count). The highest BCUT2D eigenvalue weighted by atomic mass is 15.2. The van der Waals surface area contributed by atoms with Crippen molar-refractivity contribution in [3.05, 3.63) is 54.1 Å². The van der Waals surface area contributed by atoms with Crippen LogP contribution in [0.25, 0.3) is 0 Å². The molecule has 0 unspecified atom stereocenters. The van der Waals surface area contributed by atoms with Crippen LogP contribution in [0.3, 0.4) is 0 Å². The van der Waals surface area contributed by atoms with Crippen LogP contribution in [0.4, 0.5) is 17.1 Å². The van der Waals surface area contributed by atoms with E-state index in [0.717, 1.165) is 24.5 Å². The predicted octanol–water partition coefficient (Wildman–Crippen LogP) is 5.26. The molecule has 104 valence electrons. The average Bonchev–Trinajstić information content (AvgIpc) is 2.49. The van der Waals surface area contributed by atoms with E-state index in [1.165, 1.54) is 11.3 Å². The number of rotatable bonds is 5. The lowest BCUT2D eigenvalue weighted by atomic mass is 10.1. The summed E-state index contributed by atoms with van der Waals surface area (Å²) in [6.07, 6.45) is 0. The van der Waals surface area contributed by atoms with Gasteiger partial charge in [0.05, 0.1) is 11.4 Å². The molecule has 2 aromatic rings. The molecule has 0 saturated heterocycles. The Morgan fingerprint density at radius 3 is 2.20 bits per heavy atom. The van der Waals surface area contributed by atoms with E-state index in [1.807, 2.05) is 42.5 Å². The molecule has 0 aliphatic rings. The smallest absolute Gasteiger partial charge is 0.109 e. The summed E-state index contributed by atoms with van der Waals surface area (Å²) < 4.78 is 0. The fourth-order valence-electron chi connectivity index (χ4n) is 2.28. The second kappa shape index (κ2) is 6.85. The zero-order valence-corrected chi connectivity index (χ0v) is 12.4. The Bertz CT molecular complexity index is 572. The number of hydrogen-bond donors (Lipinski definition) is 0. The Kier molecular flexibility index (Phi) is 4.88. The maximum absolute atomic E-state index is 4.44. The third-order valence-corrected chi connectivity index (χ3v) is 3.33. The van der Waals surface area contributed by atoms with Crippen molar-refractivity contribution >= 4 is 17.1 Å². The van der Waals surface area contributed by atoms with Gasteiger partial charge in [-0.1, -0.05) is 30.3 Å². The van der Waals surface area contributed by atoms with Crippen LogP contribution in [0.5, 0.6) is 0 Å². The van der Waals surface area contributed by atoms with Crippen LogP contribution in [0.2, 0.25) is 0 Å². The van der Waals surface area contributed by atoms with Crippen molar-refractivity contribution in [3.63, 3.8) is 0 Å². The van der Waals surface area contributed by atoms with Crippen LogP contribution >= 0.6 is 0 Å². The molecule has 0 spiro atoms. The maximum atomic E-state index is 4.44. The summed E-state index contributed by atoms with van der Waals surface area (Å²) in [5, 5.41) is 8.76. The Labute approximate surface area is 121 Å². The molecule has 0 bridgehead atoms. The standard InChI is InChI=1S/C17H21N3/c1-4-20(5-2)17-14(3)10-9-13-16(17)19-18-15-11-7-6-8-12-15/h6-13H,4-5H2,1-3H3. The molecular formula is C17H21N3. The van der Waals surface area contributed by atoms with Gasteiger partial charge in [-0.25, -0.2) is 0 Å². The van der Waals surface area contributed by atoms with Crippen LogP contribution in [0.15, 0.2) is 58.8 Å². The minimum Gasteiger partial charge on any atom is -0.370 e. The second-order valence-electron chi connectivity index (χ2n) is 4.65. The summed E-state index contributed by atoms with van der Waals surface area (Å²) in [6.45, 7) is 8.38. The van der Waals surface area contributed by atoms with E-state index in [9.17, 15) is 0 Å². The molecule has 0 radical (unpaired) electrons. The highest BCUT2D eigenvalue weighted by Crippen LogP contribution is 2.33. The SMILES string of the molecule is CCN(CC)c1c(C)cccc1N=Nc1ccccc1. The van der Waals surface area contributed by atoms with Crippen LogP contribution in [-0.2, 0) is 0 Å². The molecule has 0 saturated carbocycles. The lowest BCUT2D eigenvalue weighted by Gasteiger charge is -2.24. The lowest BCUT2D eigenvalue weighted by Crippen LogP contribution is -2.22. The van der Waals surface area contributed by atoms with Gasteiger partial charge in [0.2, 0.25) is 0 Å². The van der Waals surface area contributed by atoms with Crippen LogP contribution in [-0.4, -0.2) is 13.1 Å². The van der Waals surface area contributed by atoms with E-state index >= 15 is 0 Å². The Balaban J connectivity index is 2.37. The van der Waals surface area contributed by atoms with Crippen molar-refractivity contribution in [3.8, 4) is 0 Å². The molecule has 20 heavy (non-hydrogen) atoms. The molecule has 0 aromatic heterocycles. The summed E-state index contributed by atoms with van der Waals surface area (Å²) in [4.78, 5) is 2.31. The van der Waals surface area contributed by atoms with E-state index < -0.39 is 0 Å². The zero-order chi connectivity index (χ0) is 14.4. The van der Waals surface area contributed by atoms with Gasteiger partial charge < -0.3 is 4.90 Å². The molecule has 0 amide bonds. The highest BCUT2D eigenvalue weighted by molar-refractivity contribution is 5.70. The molecule has 0 aliphatic heterocycles. The average molecular weight is 267 g/mol. The number of anilines is 1. The van der Waals surface area contributed by atoms with E-state index in [2.05, 4.69) is 42.0 Å². The highest BCUT2D eigenvalue weighted by Gasteiger charge is 2.10. The van der Waals surface area contributed by atoms with E-state index in [1.54, 1.807) is 0 Å². The third kappa shape index (κ3) is 3.23. The normalized spacial score (nSPS) is 10.9. The van der Waals surface area contributed by atoms with E-state index in [0.29, 0.717) is 0 Å². The summed E-state index contributed by atoms with van der Waals surface area (Å²) in [5.41, 5.74) is 4.22. The van der Waals surface area contributed by atoms with Crippen molar-refractivity contribution in [2.75, 3.05) is 18.0 Å². The molecule has 0 atom stereocenters. The number of aryl methyl sites for hydroxylation is 1. The van der Waals surface area contributed by atoms with Gasteiger partial charge in [0.25, 0.3) is 0 Å². The van der Waals surface area contributed by atoms with Gasteiger partial charge >= 0.3 is 0 Å². The number of benzene rings is 2. The quantitative estimate of drug-likeness (QED) is 0.679. The van der Waals surface area contributed by atoms with Gasteiger partial charge in [-0.15, -0.1) is 5.11 Å². The van der Waals surface area contributed by atoms with Crippen molar-refractivity contribution < 1.29 is 0 Å². The summed E-state index contributed by atoms with van der Waals surface area (Å²) in [7, 11) is 0. The first-order chi connectivity index (χ1) is 9.76. The summed E-state index contributed by atoms with van der Waals surface area (Å²) in [5.74, 6) is 0. The first-order valence-corrected chi connectivity index (χ1v) is 7.07. The number of nitrogens with zero attached hydrogens (tertiary/aromatic N) is 3. The molecule has 0 aliphatic carbocycles. The second-order valence-corrected chi connectivity index (χ2v) is 4.65. The maximum Gasteiger partial charge on any atom is 0.109 e. The molecule has 3 nitrogen and oxygen atoms in total. The summed E-state index contributed by atoms with van der Waals surface area (Å²) in [6, 6.07) is 16.0. The molecule has 0 heterocycles. The minimum atomic E-state index is 0.875.